The quantitative estimate of drug-likeness (QED) is 0.471. The summed E-state index contributed by atoms with van der Waals surface area (Å²) in [6.07, 6.45) is 0. The summed E-state index contributed by atoms with van der Waals surface area (Å²) in [6.45, 7) is 4.67. The molecule has 8 heteroatoms. The van der Waals surface area contributed by atoms with Crippen molar-refractivity contribution in [1.82, 2.24) is 14.5 Å². The second kappa shape index (κ2) is 7.31. The van der Waals surface area contributed by atoms with Gasteiger partial charge >= 0.3 is 0 Å². The first kappa shape index (κ1) is 15.7. The van der Waals surface area contributed by atoms with Gasteiger partial charge in [0, 0.05) is 78.0 Å². The molecular weight excluding hydrogens is 392 g/mol. The van der Waals surface area contributed by atoms with Crippen LogP contribution in [0.4, 0.5) is 0 Å². The normalized spacial score (nSPS) is 23.5. The third-order valence-electron chi connectivity index (χ3n) is 2.93. The fraction of sp³-hybridized carbons (Fsp3) is 0.889. The SMILES string of the molecule is CN1CCN(C)C1=N[PH](=O)N1CCOCC1.[Ho]. The molecule has 1 radical (unpaired) electrons. The minimum atomic E-state index is -2.03. The Morgan fingerprint density at radius 1 is 1.12 bits per heavy atom. The molecule has 0 aromatic rings. The van der Waals surface area contributed by atoms with Crippen molar-refractivity contribution >= 4 is 14.1 Å². The second-order valence-electron chi connectivity index (χ2n) is 4.14. The largest absolute Gasteiger partial charge is 0.379 e. The van der Waals surface area contributed by atoms with Crippen molar-refractivity contribution in [3.63, 3.8) is 0 Å². The molecule has 1 unspecified atom stereocenters. The number of morpholine rings is 1. The minimum absolute atomic E-state index is 0. The molecule has 0 saturated carbocycles. The van der Waals surface area contributed by atoms with E-state index in [1.54, 1.807) is 0 Å². The molecular formula is C9H19HoN4O2P. The minimum Gasteiger partial charge on any atom is -0.379 e. The molecule has 0 aromatic heterocycles. The van der Waals surface area contributed by atoms with Crippen molar-refractivity contribution in [2.75, 3.05) is 53.5 Å². The molecule has 0 N–H and O–H groups in total. The summed E-state index contributed by atoms with van der Waals surface area (Å²) in [5, 5.41) is 0. The number of nitrogens with zero attached hydrogens (tertiary/aromatic N) is 4. The van der Waals surface area contributed by atoms with Crippen molar-refractivity contribution in [3.8, 4) is 0 Å². The van der Waals surface area contributed by atoms with Crippen molar-refractivity contribution in [2.45, 2.75) is 0 Å². The van der Waals surface area contributed by atoms with Gasteiger partial charge in [-0.1, -0.05) is 0 Å². The third-order valence-corrected chi connectivity index (χ3v) is 4.31. The zero-order chi connectivity index (χ0) is 11.5. The number of hydrogen-bond donors (Lipinski definition) is 0. The Kier molecular flexibility index (Phi) is 6.77. The molecule has 0 spiro atoms. The first-order valence-corrected chi connectivity index (χ1v) is 6.86. The Labute approximate surface area is 133 Å². The number of ether oxygens (including phenoxy) is 1. The Morgan fingerprint density at radius 2 is 1.65 bits per heavy atom. The molecule has 2 rings (SSSR count). The monoisotopic (exact) mass is 411 g/mol. The van der Waals surface area contributed by atoms with E-state index in [9.17, 15) is 4.57 Å². The smallest absolute Gasteiger partial charge is 0.249 e. The zero-order valence-corrected chi connectivity index (χ0v) is 13.1. The van der Waals surface area contributed by atoms with Crippen LogP contribution in [0, 0.1) is 37.7 Å². The summed E-state index contributed by atoms with van der Waals surface area (Å²) in [4.78, 5) is 4.09. The molecule has 0 amide bonds. The summed E-state index contributed by atoms with van der Waals surface area (Å²) >= 11 is 0. The molecule has 2 aliphatic heterocycles. The topological polar surface area (TPSA) is 48.4 Å². The van der Waals surface area contributed by atoms with Gasteiger partial charge in [0.1, 0.15) is 0 Å². The van der Waals surface area contributed by atoms with E-state index >= 15 is 0 Å². The molecule has 1 atom stereocenters. The van der Waals surface area contributed by atoms with Crippen LogP contribution in [0.25, 0.3) is 0 Å². The second-order valence-corrected chi connectivity index (χ2v) is 5.56. The Hall–Kier alpha value is 0.680. The van der Waals surface area contributed by atoms with E-state index < -0.39 is 8.10 Å². The van der Waals surface area contributed by atoms with Crippen LogP contribution >= 0.6 is 8.10 Å². The molecule has 0 aromatic carbocycles. The molecule has 2 heterocycles. The molecule has 103 valence electrons. The Morgan fingerprint density at radius 3 is 2.18 bits per heavy atom. The maximum atomic E-state index is 12.1. The van der Waals surface area contributed by atoms with Gasteiger partial charge in [-0.15, -0.1) is 0 Å². The first-order valence-electron chi connectivity index (χ1n) is 5.56. The molecule has 17 heavy (non-hydrogen) atoms. The van der Waals surface area contributed by atoms with E-state index in [0.717, 1.165) is 32.1 Å². The molecule has 2 saturated heterocycles. The first-order chi connectivity index (χ1) is 7.68. The van der Waals surface area contributed by atoms with E-state index in [4.69, 9.17) is 4.74 Å². The molecule has 2 fully saturated rings. The molecule has 0 aliphatic carbocycles. The van der Waals surface area contributed by atoms with E-state index in [1.807, 2.05) is 28.6 Å². The van der Waals surface area contributed by atoms with Gasteiger partial charge in [0.2, 0.25) is 14.1 Å². The van der Waals surface area contributed by atoms with Gasteiger partial charge in [-0.3, -0.25) is 4.57 Å². The Balaban J connectivity index is 0.00000144. The van der Waals surface area contributed by atoms with E-state index in [-0.39, 0.29) is 37.7 Å². The van der Waals surface area contributed by atoms with Gasteiger partial charge in [0.15, 0.2) is 0 Å². The van der Waals surface area contributed by atoms with Crippen molar-refractivity contribution in [2.24, 2.45) is 4.76 Å². The average molecular weight is 411 g/mol. The number of hydrogen-bond acceptors (Lipinski definition) is 2. The third kappa shape index (κ3) is 4.08. The van der Waals surface area contributed by atoms with Crippen molar-refractivity contribution in [3.05, 3.63) is 0 Å². The van der Waals surface area contributed by atoms with Gasteiger partial charge in [-0.05, 0) is 0 Å². The van der Waals surface area contributed by atoms with Gasteiger partial charge < -0.3 is 14.5 Å². The van der Waals surface area contributed by atoms with Crippen molar-refractivity contribution < 1.29 is 47.0 Å². The van der Waals surface area contributed by atoms with Crippen LogP contribution in [0.15, 0.2) is 4.76 Å². The maximum absolute atomic E-state index is 12.1. The van der Waals surface area contributed by atoms with Gasteiger partial charge in [-0.2, -0.15) is 4.76 Å². The zero-order valence-electron chi connectivity index (χ0n) is 10.1. The van der Waals surface area contributed by atoms with Crippen LogP contribution < -0.4 is 0 Å². The fourth-order valence-corrected chi connectivity index (χ4v) is 3.09. The summed E-state index contributed by atoms with van der Waals surface area (Å²) in [5.74, 6) is 0.843. The van der Waals surface area contributed by atoms with Crippen LogP contribution in [0.2, 0.25) is 0 Å². The van der Waals surface area contributed by atoms with Gasteiger partial charge in [0.05, 0.1) is 13.2 Å². The fourth-order valence-electron chi connectivity index (χ4n) is 1.87. The summed E-state index contributed by atoms with van der Waals surface area (Å²) in [6, 6.07) is 0. The molecule has 0 bridgehead atoms. The van der Waals surface area contributed by atoms with Crippen LogP contribution in [0.1, 0.15) is 0 Å². The summed E-state index contributed by atoms with van der Waals surface area (Å²) in [5.41, 5.74) is 0. The Bertz CT molecular complexity index is 297. The number of likely N-dealkylation sites (N-methyl/N-ethyl adjacent to an activating group) is 2. The average Bonchev–Trinajstić information content (AvgIpc) is 2.62. The molecule has 6 nitrogen and oxygen atoms in total. The number of rotatable bonds is 2. The van der Waals surface area contributed by atoms with Crippen LogP contribution in [-0.4, -0.2) is 73.9 Å². The van der Waals surface area contributed by atoms with Crippen LogP contribution in [0.3, 0.4) is 0 Å². The predicted octanol–water partition coefficient (Wildman–Crippen LogP) is -0.0585. The van der Waals surface area contributed by atoms with Crippen LogP contribution in [0.5, 0.6) is 0 Å². The summed E-state index contributed by atoms with van der Waals surface area (Å²) in [7, 11) is 1.94. The summed E-state index contributed by atoms with van der Waals surface area (Å²) < 4.78 is 23.6. The predicted molar refractivity (Wildman–Crippen MR) is 64.1 cm³/mol. The van der Waals surface area contributed by atoms with Crippen LogP contribution in [-0.2, 0) is 9.30 Å². The van der Waals surface area contributed by atoms with Gasteiger partial charge in [0.25, 0.3) is 0 Å². The van der Waals surface area contributed by atoms with E-state index in [1.165, 1.54) is 0 Å². The number of guanidine groups is 1. The van der Waals surface area contributed by atoms with E-state index in [0.29, 0.717) is 13.2 Å². The van der Waals surface area contributed by atoms with E-state index in [2.05, 4.69) is 4.76 Å². The molecule has 2 aliphatic rings. The standard InChI is InChI=1S/C9H19N4O2P.Ho/c1-11-3-4-12(2)9(11)10-16(14)13-5-7-15-8-6-13;/h16H,3-8H2,1-2H3;. The van der Waals surface area contributed by atoms with Crippen molar-refractivity contribution in [1.29, 1.82) is 0 Å². The maximum Gasteiger partial charge on any atom is 0.249 e. The van der Waals surface area contributed by atoms with Gasteiger partial charge in [-0.25, -0.2) is 4.67 Å².